The van der Waals surface area contributed by atoms with E-state index in [0.29, 0.717) is 17.7 Å². The summed E-state index contributed by atoms with van der Waals surface area (Å²) in [5.74, 6) is -0.539. The second-order valence-electron chi connectivity index (χ2n) is 9.09. The van der Waals surface area contributed by atoms with E-state index in [1.165, 1.54) is 11.0 Å². The van der Waals surface area contributed by atoms with Crippen LogP contribution in [0.2, 0.25) is 0 Å². The zero-order chi connectivity index (χ0) is 25.4. The minimum absolute atomic E-state index is 0.0509. The molecule has 0 bridgehead atoms. The molecule has 0 saturated heterocycles. The largest absolute Gasteiger partial charge is 0.484 e. The quantitative estimate of drug-likeness (QED) is 0.449. The molecule has 1 N–H and O–H groups in total. The van der Waals surface area contributed by atoms with E-state index in [2.05, 4.69) is 5.32 Å². The number of rotatable bonds is 10. The summed E-state index contributed by atoms with van der Waals surface area (Å²) < 4.78 is 20.4. The Kier molecular flexibility index (Phi) is 9.01. The third-order valence-electron chi connectivity index (χ3n) is 5.56. The number of aryl methyl sites for hydroxylation is 2. The number of nitrogens with zero attached hydrogens (tertiary/aromatic N) is 1. The first-order chi connectivity index (χ1) is 16.7. The first-order valence-electron chi connectivity index (χ1n) is 11.8. The molecular formula is C29H33FN2O3. The molecule has 0 aliphatic carbocycles. The van der Waals surface area contributed by atoms with E-state index in [1.807, 2.05) is 76.2 Å². The van der Waals surface area contributed by atoms with Crippen molar-refractivity contribution in [3.8, 4) is 5.75 Å². The van der Waals surface area contributed by atoms with Crippen LogP contribution in [-0.4, -0.2) is 35.4 Å². The predicted molar refractivity (Wildman–Crippen MR) is 136 cm³/mol. The van der Waals surface area contributed by atoms with Gasteiger partial charge >= 0.3 is 0 Å². The van der Waals surface area contributed by atoms with Gasteiger partial charge in [0.05, 0.1) is 0 Å². The van der Waals surface area contributed by atoms with E-state index in [-0.39, 0.29) is 25.1 Å². The third-order valence-corrected chi connectivity index (χ3v) is 5.56. The summed E-state index contributed by atoms with van der Waals surface area (Å²) in [5, 5.41) is 2.92. The summed E-state index contributed by atoms with van der Waals surface area (Å²) in [6, 6.07) is 20.6. The minimum atomic E-state index is -0.838. The van der Waals surface area contributed by atoms with Crippen LogP contribution >= 0.6 is 0 Å². The van der Waals surface area contributed by atoms with E-state index in [0.717, 1.165) is 16.7 Å². The second-order valence-corrected chi connectivity index (χ2v) is 9.09. The van der Waals surface area contributed by atoms with Crippen molar-refractivity contribution >= 4 is 11.8 Å². The summed E-state index contributed by atoms with van der Waals surface area (Å²) in [6.45, 7) is 7.33. The predicted octanol–water partition coefficient (Wildman–Crippen LogP) is 4.99. The van der Waals surface area contributed by atoms with Crippen molar-refractivity contribution in [3.05, 3.63) is 101 Å². The Labute approximate surface area is 206 Å². The summed E-state index contributed by atoms with van der Waals surface area (Å²) in [6.07, 6.45) is 0.295. The maximum absolute atomic E-state index is 14.6. The van der Waals surface area contributed by atoms with Crippen LogP contribution in [0.5, 0.6) is 5.75 Å². The minimum Gasteiger partial charge on any atom is -0.484 e. The van der Waals surface area contributed by atoms with Gasteiger partial charge in [0.2, 0.25) is 5.91 Å². The molecule has 3 aromatic carbocycles. The maximum atomic E-state index is 14.6. The molecule has 0 spiro atoms. The van der Waals surface area contributed by atoms with Gasteiger partial charge in [-0.3, -0.25) is 9.59 Å². The van der Waals surface area contributed by atoms with Crippen LogP contribution in [0.4, 0.5) is 4.39 Å². The Hall–Kier alpha value is -3.67. The van der Waals surface area contributed by atoms with E-state index in [4.69, 9.17) is 4.74 Å². The van der Waals surface area contributed by atoms with Gasteiger partial charge in [0.15, 0.2) is 6.61 Å². The Morgan fingerprint density at radius 3 is 2.20 bits per heavy atom. The highest BCUT2D eigenvalue weighted by molar-refractivity contribution is 5.88. The summed E-state index contributed by atoms with van der Waals surface area (Å²) in [4.78, 5) is 28.2. The van der Waals surface area contributed by atoms with Crippen LogP contribution in [0, 0.1) is 19.7 Å². The van der Waals surface area contributed by atoms with Gasteiger partial charge in [-0.25, -0.2) is 4.39 Å². The van der Waals surface area contributed by atoms with Gasteiger partial charge in [0, 0.05) is 24.6 Å². The Balaban J connectivity index is 1.93. The van der Waals surface area contributed by atoms with Crippen molar-refractivity contribution in [2.24, 2.45) is 0 Å². The molecule has 0 aromatic heterocycles. The summed E-state index contributed by atoms with van der Waals surface area (Å²) in [5.41, 5.74) is 3.28. The fourth-order valence-corrected chi connectivity index (χ4v) is 3.99. The lowest BCUT2D eigenvalue weighted by Gasteiger charge is -2.32. The molecule has 184 valence electrons. The highest BCUT2D eigenvalue weighted by Gasteiger charge is 2.31. The topological polar surface area (TPSA) is 58.6 Å². The molecule has 0 saturated carbocycles. The third kappa shape index (κ3) is 7.67. The number of nitrogens with one attached hydrogen (secondary N) is 1. The molecule has 0 radical (unpaired) electrons. The molecule has 0 aliphatic heterocycles. The number of benzene rings is 3. The number of carbonyl (C=O) groups excluding carboxylic acids is 2. The molecule has 6 heteroatoms. The molecule has 3 aromatic rings. The van der Waals surface area contributed by atoms with Gasteiger partial charge in [-0.1, -0.05) is 54.6 Å². The lowest BCUT2D eigenvalue weighted by Crippen LogP contribution is -2.53. The van der Waals surface area contributed by atoms with E-state index >= 15 is 0 Å². The number of carbonyl (C=O) groups is 2. The van der Waals surface area contributed by atoms with Crippen LogP contribution in [0.25, 0.3) is 0 Å². The molecule has 0 aliphatic rings. The van der Waals surface area contributed by atoms with Gasteiger partial charge < -0.3 is 15.0 Å². The number of hydrogen-bond donors (Lipinski definition) is 1. The number of amides is 2. The van der Waals surface area contributed by atoms with E-state index in [1.54, 1.807) is 18.2 Å². The number of ether oxygens (including phenoxy) is 1. The fourth-order valence-electron chi connectivity index (χ4n) is 3.99. The molecule has 1 atom stereocenters. The molecule has 2 amide bonds. The monoisotopic (exact) mass is 476 g/mol. The average molecular weight is 477 g/mol. The van der Waals surface area contributed by atoms with Crippen LogP contribution in [0.15, 0.2) is 72.8 Å². The van der Waals surface area contributed by atoms with Crippen molar-refractivity contribution in [2.45, 2.75) is 52.7 Å². The number of hydrogen-bond acceptors (Lipinski definition) is 3. The van der Waals surface area contributed by atoms with Crippen LogP contribution in [0.3, 0.4) is 0 Å². The van der Waals surface area contributed by atoms with Crippen molar-refractivity contribution < 1.29 is 18.7 Å². The fraction of sp³-hybridized carbons (Fsp3) is 0.310. The van der Waals surface area contributed by atoms with Crippen molar-refractivity contribution in [1.29, 1.82) is 0 Å². The summed E-state index contributed by atoms with van der Waals surface area (Å²) in [7, 11) is 0. The smallest absolute Gasteiger partial charge is 0.261 e. The SMILES string of the molecule is Cc1cc(C)cc(OCC(=O)N(Cc2ccccc2F)[C@@H](Cc2ccccc2)C(=O)NC(C)C)c1. The lowest BCUT2D eigenvalue weighted by atomic mass is 10.0. The molecule has 0 heterocycles. The zero-order valence-corrected chi connectivity index (χ0v) is 20.8. The molecule has 0 unspecified atom stereocenters. The highest BCUT2D eigenvalue weighted by atomic mass is 19.1. The van der Waals surface area contributed by atoms with Gasteiger partial charge in [0.25, 0.3) is 5.91 Å². The van der Waals surface area contributed by atoms with Crippen molar-refractivity contribution in [2.75, 3.05) is 6.61 Å². The summed E-state index contributed by atoms with van der Waals surface area (Å²) >= 11 is 0. The van der Waals surface area contributed by atoms with Gasteiger partial charge in [-0.2, -0.15) is 0 Å². The van der Waals surface area contributed by atoms with Gasteiger partial charge in [-0.05, 0) is 62.6 Å². The molecule has 35 heavy (non-hydrogen) atoms. The van der Waals surface area contributed by atoms with Gasteiger partial charge in [-0.15, -0.1) is 0 Å². The van der Waals surface area contributed by atoms with Crippen molar-refractivity contribution in [1.82, 2.24) is 10.2 Å². The zero-order valence-electron chi connectivity index (χ0n) is 20.8. The molecule has 0 fully saturated rings. The second kappa shape index (κ2) is 12.2. The average Bonchev–Trinajstić information content (AvgIpc) is 2.80. The Morgan fingerprint density at radius 1 is 0.943 bits per heavy atom. The lowest BCUT2D eigenvalue weighted by molar-refractivity contribution is -0.143. The highest BCUT2D eigenvalue weighted by Crippen LogP contribution is 2.19. The van der Waals surface area contributed by atoms with E-state index in [9.17, 15) is 14.0 Å². The van der Waals surface area contributed by atoms with Gasteiger partial charge in [0.1, 0.15) is 17.6 Å². The molecule has 3 rings (SSSR count). The normalized spacial score (nSPS) is 11.7. The number of halogens is 1. The molecular weight excluding hydrogens is 443 g/mol. The first kappa shape index (κ1) is 25.9. The Morgan fingerprint density at radius 2 is 1.57 bits per heavy atom. The van der Waals surface area contributed by atoms with Crippen LogP contribution < -0.4 is 10.1 Å². The van der Waals surface area contributed by atoms with Crippen molar-refractivity contribution in [3.63, 3.8) is 0 Å². The first-order valence-corrected chi connectivity index (χ1v) is 11.8. The standard InChI is InChI=1S/C29H33FN2O3/c1-20(2)31-29(34)27(17-23-10-6-5-7-11-23)32(18-24-12-8-9-13-26(24)30)28(33)19-35-25-15-21(3)14-22(4)16-25/h5-16,20,27H,17-19H2,1-4H3,(H,31,34)/t27-/m0/s1. The van der Waals surface area contributed by atoms with E-state index < -0.39 is 17.8 Å². The Bertz CT molecular complexity index is 1130. The maximum Gasteiger partial charge on any atom is 0.261 e. The van der Waals surface area contributed by atoms with Crippen LogP contribution in [-0.2, 0) is 22.6 Å². The van der Waals surface area contributed by atoms with Crippen LogP contribution in [0.1, 0.15) is 36.1 Å². The molecule has 5 nitrogen and oxygen atoms in total.